The third-order valence-electron chi connectivity index (χ3n) is 4.76. The molecule has 0 radical (unpaired) electrons. The Morgan fingerprint density at radius 3 is 1.83 bits per heavy atom. The number of aromatic carboxylic acids is 2. The number of ether oxygens (including phenoxy) is 1. The van der Waals surface area contributed by atoms with Crippen LogP contribution >= 0.6 is 0 Å². The maximum atomic E-state index is 12.8. The monoisotopic (exact) mass is 398 g/mol. The lowest BCUT2D eigenvalue weighted by molar-refractivity contribution is -0.136. The number of carbonyl (C=O) groups is 3. The lowest BCUT2D eigenvalue weighted by atomic mass is 9.92. The molecule has 0 spiro atoms. The van der Waals surface area contributed by atoms with Crippen LogP contribution in [0.5, 0.6) is 5.75 Å². The molecule has 0 saturated carbocycles. The summed E-state index contributed by atoms with van der Waals surface area (Å²) in [7, 11) is 0. The fourth-order valence-corrected chi connectivity index (χ4v) is 3.08. The number of carbonyl (C=O) groups excluding carboxylic acids is 1. The average Bonchev–Trinajstić information content (AvgIpc) is 2.71. The zero-order valence-corrected chi connectivity index (χ0v) is 16.5. The number of rotatable bonds is 11. The second kappa shape index (κ2) is 11.0. The Morgan fingerprint density at radius 1 is 0.793 bits per heavy atom. The Labute approximate surface area is 170 Å². The van der Waals surface area contributed by atoms with Crippen LogP contribution in [-0.2, 0) is 4.79 Å². The van der Waals surface area contributed by atoms with Gasteiger partial charge in [0.15, 0.2) is 0 Å². The van der Waals surface area contributed by atoms with Crippen LogP contribution in [-0.4, -0.2) is 28.1 Å². The minimum Gasteiger partial charge on any atom is -0.478 e. The van der Waals surface area contributed by atoms with Gasteiger partial charge in [0, 0.05) is 0 Å². The average molecular weight is 398 g/mol. The Bertz CT molecular complexity index is 823. The van der Waals surface area contributed by atoms with Crippen LogP contribution in [0.2, 0.25) is 0 Å². The highest BCUT2D eigenvalue weighted by atomic mass is 16.5. The molecule has 0 bridgehead atoms. The van der Waals surface area contributed by atoms with Gasteiger partial charge in [-0.05, 0) is 48.4 Å². The smallest absolute Gasteiger partial charge is 0.335 e. The van der Waals surface area contributed by atoms with Crippen molar-refractivity contribution in [3.8, 4) is 5.75 Å². The molecule has 0 aliphatic carbocycles. The molecular formula is C23H26O6. The van der Waals surface area contributed by atoms with Gasteiger partial charge in [-0.1, -0.05) is 51.2 Å². The first-order valence-corrected chi connectivity index (χ1v) is 9.80. The zero-order valence-electron chi connectivity index (χ0n) is 16.5. The van der Waals surface area contributed by atoms with Crippen LogP contribution < -0.4 is 4.74 Å². The van der Waals surface area contributed by atoms with E-state index >= 15 is 0 Å². The summed E-state index contributed by atoms with van der Waals surface area (Å²) in [6, 6.07) is 11.9. The van der Waals surface area contributed by atoms with Crippen LogP contribution in [0.3, 0.4) is 0 Å². The van der Waals surface area contributed by atoms with Gasteiger partial charge in [0.2, 0.25) is 0 Å². The normalized spacial score (nSPS) is 11.6. The summed E-state index contributed by atoms with van der Waals surface area (Å²) in [5.74, 6) is -2.75. The number of carboxylic acid groups (broad SMARTS) is 2. The maximum Gasteiger partial charge on any atom is 0.335 e. The van der Waals surface area contributed by atoms with Gasteiger partial charge in [0.1, 0.15) is 5.75 Å². The van der Waals surface area contributed by atoms with E-state index in [-0.39, 0.29) is 16.9 Å². The first-order chi connectivity index (χ1) is 13.9. The van der Waals surface area contributed by atoms with E-state index in [1.807, 2.05) is 0 Å². The molecule has 0 aliphatic rings. The number of carboxylic acids is 2. The van der Waals surface area contributed by atoms with Gasteiger partial charge in [-0.25, -0.2) is 9.59 Å². The summed E-state index contributed by atoms with van der Waals surface area (Å²) in [5.41, 5.74) is 0.979. The van der Waals surface area contributed by atoms with E-state index in [1.54, 1.807) is 12.1 Å². The number of benzene rings is 2. The summed E-state index contributed by atoms with van der Waals surface area (Å²) < 4.78 is 5.47. The van der Waals surface area contributed by atoms with E-state index in [4.69, 9.17) is 14.9 Å². The van der Waals surface area contributed by atoms with Crippen LogP contribution in [0.25, 0.3) is 0 Å². The molecular weight excluding hydrogens is 372 g/mol. The topological polar surface area (TPSA) is 101 Å². The van der Waals surface area contributed by atoms with Crippen LogP contribution in [0.1, 0.15) is 77.6 Å². The van der Waals surface area contributed by atoms with Crippen molar-refractivity contribution in [2.75, 3.05) is 0 Å². The van der Waals surface area contributed by atoms with Crippen molar-refractivity contribution in [2.24, 2.45) is 0 Å². The molecule has 1 atom stereocenters. The fraction of sp³-hybridized carbons (Fsp3) is 0.348. The molecule has 2 aromatic carbocycles. The highest BCUT2D eigenvalue weighted by Crippen LogP contribution is 2.26. The Balaban J connectivity index is 2.12. The van der Waals surface area contributed by atoms with Crippen molar-refractivity contribution in [3.05, 3.63) is 65.2 Å². The van der Waals surface area contributed by atoms with Gasteiger partial charge < -0.3 is 14.9 Å². The minimum absolute atomic E-state index is 0.113. The number of esters is 1. The van der Waals surface area contributed by atoms with E-state index in [1.165, 1.54) is 36.4 Å². The number of unbranched alkanes of at least 4 members (excludes halogenated alkanes) is 4. The zero-order chi connectivity index (χ0) is 21.2. The van der Waals surface area contributed by atoms with Crippen molar-refractivity contribution in [2.45, 2.75) is 51.4 Å². The molecule has 2 aromatic rings. The van der Waals surface area contributed by atoms with Gasteiger partial charge in [-0.3, -0.25) is 4.79 Å². The highest BCUT2D eigenvalue weighted by molar-refractivity contribution is 5.88. The van der Waals surface area contributed by atoms with Crippen LogP contribution in [0.4, 0.5) is 0 Å². The lowest BCUT2D eigenvalue weighted by Gasteiger charge is -2.17. The largest absolute Gasteiger partial charge is 0.478 e. The molecule has 29 heavy (non-hydrogen) atoms. The molecule has 0 heterocycles. The summed E-state index contributed by atoms with van der Waals surface area (Å²) >= 11 is 0. The molecule has 1 unspecified atom stereocenters. The van der Waals surface area contributed by atoms with Gasteiger partial charge >= 0.3 is 17.9 Å². The summed E-state index contributed by atoms with van der Waals surface area (Å²) in [5, 5.41) is 18.0. The highest BCUT2D eigenvalue weighted by Gasteiger charge is 2.23. The summed E-state index contributed by atoms with van der Waals surface area (Å²) in [4.78, 5) is 34.8. The van der Waals surface area contributed by atoms with Gasteiger partial charge in [-0.2, -0.15) is 0 Å². The Kier molecular flexibility index (Phi) is 8.40. The van der Waals surface area contributed by atoms with Crippen molar-refractivity contribution < 1.29 is 29.3 Å². The number of hydrogen-bond acceptors (Lipinski definition) is 4. The summed E-state index contributed by atoms with van der Waals surface area (Å²) in [6.45, 7) is 2.14. The molecule has 154 valence electrons. The molecule has 0 aromatic heterocycles. The molecule has 0 fully saturated rings. The predicted molar refractivity (Wildman–Crippen MR) is 109 cm³/mol. The van der Waals surface area contributed by atoms with Crippen molar-refractivity contribution in [1.29, 1.82) is 0 Å². The van der Waals surface area contributed by atoms with Crippen molar-refractivity contribution >= 4 is 17.9 Å². The molecule has 2 N–H and O–H groups in total. The third-order valence-corrected chi connectivity index (χ3v) is 4.76. The second-order valence-corrected chi connectivity index (χ2v) is 6.93. The third kappa shape index (κ3) is 6.75. The van der Waals surface area contributed by atoms with Crippen molar-refractivity contribution in [1.82, 2.24) is 0 Å². The predicted octanol–water partition coefficient (Wildman–Crippen LogP) is 5.13. The second-order valence-electron chi connectivity index (χ2n) is 6.93. The SMILES string of the molecule is CCCCCCCC(C(=O)Oc1ccc(C(=O)O)cc1)c1ccc(C(=O)O)cc1. The van der Waals surface area contributed by atoms with Gasteiger partial charge in [0.05, 0.1) is 17.0 Å². The van der Waals surface area contributed by atoms with E-state index in [2.05, 4.69) is 6.92 Å². The molecule has 6 nitrogen and oxygen atoms in total. The number of hydrogen-bond donors (Lipinski definition) is 2. The van der Waals surface area contributed by atoms with Crippen molar-refractivity contribution in [3.63, 3.8) is 0 Å². The van der Waals surface area contributed by atoms with Crippen LogP contribution in [0.15, 0.2) is 48.5 Å². The molecule has 0 amide bonds. The molecule has 0 aliphatic heterocycles. The minimum atomic E-state index is -1.05. The molecule has 2 rings (SSSR count). The quantitative estimate of drug-likeness (QED) is 0.309. The first-order valence-electron chi connectivity index (χ1n) is 9.80. The first kappa shape index (κ1) is 22.1. The van der Waals surface area contributed by atoms with E-state index in [9.17, 15) is 14.4 Å². The molecule has 6 heteroatoms. The van der Waals surface area contributed by atoms with E-state index in [0.29, 0.717) is 12.0 Å². The van der Waals surface area contributed by atoms with Gasteiger partial charge in [0.25, 0.3) is 0 Å². The van der Waals surface area contributed by atoms with Crippen LogP contribution in [0, 0.1) is 0 Å². The lowest BCUT2D eigenvalue weighted by Crippen LogP contribution is -2.19. The van der Waals surface area contributed by atoms with E-state index in [0.717, 1.165) is 32.1 Å². The Morgan fingerprint density at radius 2 is 1.31 bits per heavy atom. The van der Waals surface area contributed by atoms with E-state index < -0.39 is 23.8 Å². The Hall–Kier alpha value is -3.15. The summed E-state index contributed by atoms with van der Waals surface area (Å²) in [6.07, 6.45) is 5.86. The fourth-order valence-electron chi connectivity index (χ4n) is 3.08. The molecule has 0 saturated heterocycles. The maximum absolute atomic E-state index is 12.8. The standard InChI is InChI=1S/C23H26O6/c1-2-3-4-5-6-7-20(16-8-10-17(11-9-16)21(24)25)23(28)29-19-14-12-18(13-15-19)22(26)27/h8-15,20H,2-7H2,1H3,(H,24,25)(H,26,27). The van der Waals surface area contributed by atoms with Gasteiger partial charge in [-0.15, -0.1) is 0 Å².